The van der Waals surface area contributed by atoms with E-state index in [1.165, 1.54) is 12.8 Å². The molecular formula is C12H12ClNO3. The number of hydrogen-bond donors (Lipinski definition) is 0. The van der Waals surface area contributed by atoms with Crippen LogP contribution in [0.5, 0.6) is 5.75 Å². The Hall–Kier alpha value is -1.29. The van der Waals surface area contributed by atoms with Crippen LogP contribution in [0.3, 0.4) is 0 Å². The van der Waals surface area contributed by atoms with Crippen LogP contribution >= 0.6 is 11.6 Å². The van der Waals surface area contributed by atoms with Gasteiger partial charge in [0.15, 0.2) is 0 Å². The van der Waals surface area contributed by atoms with E-state index in [0.717, 1.165) is 12.0 Å². The number of benzene rings is 1. The molecule has 1 unspecified atom stereocenters. The van der Waals surface area contributed by atoms with Crippen molar-refractivity contribution in [2.24, 2.45) is 5.92 Å². The minimum Gasteiger partial charge on any atom is -0.487 e. The number of rotatable bonds is 2. The van der Waals surface area contributed by atoms with E-state index < -0.39 is 4.92 Å². The minimum absolute atomic E-state index is 0.0333. The maximum absolute atomic E-state index is 10.8. The third kappa shape index (κ3) is 1.67. The van der Waals surface area contributed by atoms with E-state index in [1.807, 2.05) is 0 Å². The van der Waals surface area contributed by atoms with Crippen molar-refractivity contribution in [2.45, 2.75) is 31.8 Å². The lowest BCUT2D eigenvalue weighted by Crippen LogP contribution is -2.32. The van der Waals surface area contributed by atoms with Crippen molar-refractivity contribution in [1.29, 1.82) is 0 Å². The van der Waals surface area contributed by atoms with Crippen molar-refractivity contribution < 1.29 is 9.66 Å². The minimum atomic E-state index is -0.449. The summed E-state index contributed by atoms with van der Waals surface area (Å²) < 4.78 is 5.93. The van der Waals surface area contributed by atoms with Gasteiger partial charge in [0, 0.05) is 24.1 Å². The van der Waals surface area contributed by atoms with Crippen LogP contribution in [0, 0.1) is 16.0 Å². The van der Waals surface area contributed by atoms with Gasteiger partial charge in [-0.2, -0.15) is 0 Å². The molecule has 5 heteroatoms. The smallest absolute Gasteiger partial charge is 0.288 e. The average Bonchev–Trinajstić information content (AvgIpc) is 3.01. The van der Waals surface area contributed by atoms with Crippen LogP contribution in [-0.2, 0) is 6.42 Å². The predicted octanol–water partition coefficient (Wildman–Crippen LogP) is 3.35. The van der Waals surface area contributed by atoms with Crippen molar-refractivity contribution in [2.75, 3.05) is 0 Å². The molecule has 0 radical (unpaired) electrons. The number of nitro groups is 1. The molecule has 1 fully saturated rings. The monoisotopic (exact) mass is 253 g/mol. The quantitative estimate of drug-likeness (QED) is 0.600. The molecule has 17 heavy (non-hydrogen) atoms. The molecule has 1 aliphatic heterocycles. The Kier molecular flexibility index (Phi) is 2.14. The van der Waals surface area contributed by atoms with E-state index in [1.54, 1.807) is 12.1 Å². The first kappa shape index (κ1) is 10.8. The van der Waals surface area contributed by atoms with E-state index in [-0.39, 0.29) is 16.3 Å². The van der Waals surface area contributed by atoms with E-state index in [0.29, 0.717) is 11.7 Å². The van der Waals surface area contributed by atoms with Gasteiger partial charge in [0.1, 0.15) is 16.4 Å². The van der Waals surface area contributed by atoms with Crippen molar-refractivity contribution in [3.05, 3.63) is 32.8 Å². The summed E-state index contributed by atoms with van der Waals surface area (Å²) in [4.78, 5) is 10.4. The maximum atomic E-state index is 10.8. The molecule has 1 aromatic rings. The zero-order valence-corrected chi connectivity index (χ0v) is 10.2. The van der Waals surface area contributed by atoms with Crippen LogP contribution in [0.4, 0.5) is 5.69 Å². The van der Waals surface area contributed by atoms with Crippen LogP contribution in [0.25, 0.3) is 0 Å². The second-order valence-corrected chi connectivity index (χ2v) is 5.44. The number of halogens is 1. The summed E-state index contributed by atoms with van der Waals surface area (Å²) in [5, 5.41) is 11.0. The van der Waals surface area contributed by atoms with Gasteiger partial charge in [0.05, 0.1) is 4.92 Å². The molecule has 0 amide bonds. The van der Waals surface area contributed by atoms with Crippen LogP contribution < -0.4 is 4.74 Å². The van der Waals surface area contributed by atoms with Gasteiger partial charge < -0.3 is 4.74 Å². The highest BCUT2D eigenvalue weighted by molar-refractivity contribution is 6.32. The van der Waals surface area contributed by atoms with Crippen LogP contribution in [-0.4, -0.2) is 10.5 Å². The number of nitrogens with zero attached hydrogens (tertiary/aromatic N) is 1. The van der Waals surface area contributed by atoms with E-state index in [9.17, 15) is 10.1 Å². The highest BCUT2D eigenvalue weighted by Gasteiger charge is 2.47. The van der Waals surface area contributed by atoms with E-state index >= 15 is 0 Å². The summed E-state index contributed by atoms with van der Waals surface area (Å²) in [5.41, 5.74) is 0.672. The van der Waals surface area contributed by atoms with Crippen molar-refractivity contribution in [3.63, 3.8) is 0 Å². The third-order valence-corrected chi connectivity index (χ3v) is 3.95. The standard InChI is InChI=1S/C12H12ClNO3/c1-12(8-2-3-8)6-7-4-10(14(15)16)9(13)5-11(7)17-12/h4-5,8H,2-3,6H2,1H3. The average molecular weight is 254 g/mol. The number of hydrogen-bond acceptors (Lipinski definition) is 3. The van der Waals surface area contributed by atoms with Crippen LogP contribution in [0.15, 0.2) is 12.1 Å². The summed E-state index contributed by atoms with van der Waals surface area (Å²) in [7, 11) is 0. The molecule has 1 heterocycles. The van der Waals surface area contributed by atoms with E-state index in [2.05, 4.69) is 6.92 Å². The van der Waals surface area contributed by atoms with Gasteiger partial charge in [-0.25, -0.2) is 0 Å². The summed E-state index contributed by atoms with van der Waals surface area (Å²) >= 11 is 5.87. The molecule has 0 bridgehead atoms. The highest BCUT2D eigenvalue weighted by atomic mass is 35.5. The Bertz CT molecular complexity index is 513. The molecule has 1 atom stereocenters. The first-order valence-electron chi connectivity index (χ1n) is 5.65. The van der Waals surface area contributed by atoms with Crippen molar-refractivity contribution >= 4 is 17.3 Å². The predicted molar refractivity (Wildman–Crippen MR) is 63.6 cm³/mol. The highest BCUT2D eigenvalue weighted by Crippen LogP contribution is 2.50. The SMILES string of the molecule is CC1(C2CC2)Cc2cc([N+](=O)[O-])c(Cl)cc2O1. The number of fused-ring (bicyclic) bond motifs is 1. The molecular weight excluding hydrogens is 242 g/mol. The van der Waals surface area contributed by atoms with Gasteiger partial charge in [0.25, 0.3) is 5.69 Å². The molecule has 1 aromatic carbocycles. The third-order valence-electron chi connectivity index (χ3n) is 3.65. The summed E-state index contributed by atoms with van der Waals surface area (Å²) in [6.45, 7) is 2.07. The molecule has 0 aromatic heterocycles. The fourth-order valence-corrected chi connectivity index (χ4v) is 2.77. The van der Waals surface area contributed by atoms with Crippen LogP contribution in [0.2, 0.25) is 5.02 Å². The zero-order valence-electron chi connectivity index (χ0n) is 9.40. The first-order valence-corrected chi connectivity index (χ1v) is 6.03. The van der Waals surface area contributed by atoms with Crippen molar-refractivity contribution in [3.8, 4) is 5.75 Å². The Balaban J connectivity index is 2.00. The fraction of sp³-hybridized carbons (Fsp3) is 0.500. The topological polar surface area (TPSA) is 52.4 Å². The molecule has 0 N–H and O–H groups in total. The zero-order chi connectivity index (χ0) is 12.2. The lowest BCUT2D eigenvalue weighted by molar-refractivity contribution is -0.384. The molecule has 4 nitrogen and oxygen atoms in total. The number of nitro benzene ring substituents is 1. The molecule has 2 aliphatic rings. The Labute approximate surface area is 104 Å². The lowest BCUT2D eigenvalue weighted by Gasteiger charge is -2.23. The van der Waals surface area contributed by atoms with Gasteiger partial charge >= 0.3 is 0 Å². The maximum Gasteiger partial charge on any atom is 0.288 e. The van der Waals surface area contributed by atoms with Crippen LogP contribution in [0.1, 0.15) is 25.3 Å². The molecule has 1 saturated carbocycles. The molecule has 90 valence electrons. The largest absolute Gasteiger partial charge is 0.487 e. The van der Waals surface area contributed by atoms with Crippen molar-refractivity contribution in [1.82, 2.24) is 0 Å². The van der Waals surface area contributed by atoms with E-state index in [4.69, 9.17) is 16.3 Å². The Morgan fingerprint density at radius 3 is 2.82 bits per heavy atom. The summed E-state index contributed by atoms with van der Waals surface area (Å²) in [6.07, 6.45) is 3.10. The fourth-order valence-electron chi connectivity index (χ4n) is 2.55. The molecule has 0 spiro atoms. The lowest BCUT2D eigenvalue weighted by atomic mass is 9.94. The Morgan fingerprint density at radius 1 is 1.53 bits per heavy atom. The Morgan fingerprint density at radius 2 is 2.24 bits per heavy atom. The van der Waals surface area contributed by atoms with Gasteiger partial charge in [0.2, 0.25) is 0 Å². The van der Waals surface area contributed by atoms with Gasteiger partial charge in [-0.1, -0.05) is 11.6 Å². The second-order valence-electron chi connectivity index (χ2n) is 5.03. The molecule has 0 saturated heterocycles. The molecule has 3 rings (SSSR count). The van der Waals surface area contributed by atoms with Gasteiger partial charge in [-0.05, 0) is 25.7 Å². The second kappa shape index (κ2) is 3.35. The van der Waals surface area contributed by atoms with Gasteiger partial charge in [-0.15, -0.1) is 0 Å². The summed E-state index contributed by atoms with van der Waals surface area (Å²) in [6, 6.07) is 3.12. The molecule has 1 aliphatic carbocycles. The normalized spacial score (nSPS) is 26.5. The summed E-state index contributed by atoms with van der Waals surface area (Å²) in [5.74, 6) is 1.28. The first-order chi connectivity index (χ1) is 7.99. The number of ether oxygens (including phenoxy) is 1. The van der Waals surface area contributed by atoms with Gasteiger partial charge in [-0.3, -0.25) is 10.1 Å².